The fraction of sp³-hybridized carbons (Fsp3) is 0.182. The summed E-state index contributed by atoms with van der Waals surface area (Å²) in [5.41, 5.74) is 2.14. The Morgan fingerprint density at radius 3 is 2.94 bits per heavy atom. The fourth-order valence-corrected chi connectivity index (χ4v) is 2.09. The Bertz CT molecular complexity index is 655. The monoisotopic (exact) mass is 293 g/mol. The predicted octanol–water partition coefficient (Wildman–Crippen LogP) is 2.06. The number of methoxy groups -OCH3 is 1. The summed E-state index contributed by atoms with van der Waals surface area (Å²) in [5, 5.41) is 8.88. The van der Waals surface area contributed by atoms with Crippen LogP contribution < -0.4 is 0 Å². The van der Waals surface area contributed by atoms with E-state index >= 15 is 0 Å². The summed E-state index contributed by atoms with van der Waals surface area (Å²) in [5.74, 6) is -0.515. The molecule has 0 aliphatic rings. The zero-order valence-electron chi connectivity index (χ0n) is 9.19. The van der Waals surface area contributed by atoms with Crippen molar-refractivity contribution in [3.8, 4) is 6.07 Å². The minimum absolute atomic E-state index is 0.200. The van der Waals surface area contributed by atoms with Gasteiger partial charge in [-0.25, -0.2) is 9.78 Å². The number of hydrogen-bond donors (Lipinski definition) is 0. The third kappa shape index (κ3) is 1.78. The summed E-state index contributed by atoms with van der Waals surface area (Å²) in [6.07, 6.45) is 1.62. The van der Waals surface area contributed by atoms with E-state index in [0.29, 0.717) is 15.8 Å². The van der Waals surface area contributed by atoms with Gasteiger partial charge < -0.3 is 4.74 Å². The Morgan fingerprint density at radius 2 is 2.35 bits per heavy atom. The Labute approximate surface area is 106 Å². The number of fused-ring (bicyclic) bond motifs is 1. The third-order valence-corrected chi connectivity index (χ3v) is 3.11. The number of nitriles is 1. The second-order valence-corrected chi connectivity index (χ2v) is 4.21. The number of aromatic nitrogens is 2. The maximum Gasteiger partial charge on any atom is 0.359 e. The molecule has 0 saturated carbocycles. The van der Waals surface area contributed by atoms with Crippen LogP contribution in [0.1, 0.15) is 21.6 Å². The van der Waals surface area contributed by atoms with Crippen molar-refractivity contribution in [2.75, 3.05) is 7.11 Å². The van der Waals surface area contributed by atoms with Crippen molar-refractivity contribution < 1.29 is 9.53 Å². The van der Waals surface area contributed by atoms with Crippen LogP contribution >= 0.6 is 15.9 Å². The first kappa shape index (κ1) is 11.6. The SMILES string of the molecule is COC(=O)c1nc2c(C)cc(C#N)cn2c1Br. The van der Waals surface area contributed by atoms with Gasteiger partial charge in [-0.3, -0.25) is 4.40 Å². The minimum atomic E-state index is -0.515. The lowest BCUT2D eigenvalue weighted by Crippen LogP contribution is -2.02. The van der Waals surface area contributed by atoms with Crippen LogP contribution in [0.5, 0.6) is 0 Å². The molecule has 86 valence electrons. The van der Waals surface area contributed by atoms with Crippen LogP contribution in [0.25, 0.3) is 5.65 Å². The van der Waals surface area contributed by atoms with Gasteiger partial charge in [-0.2, -0.15) is 5.26 Å². The van der Waals surface area contributed by atoms with Crippen LogP contribution in [0.4, 0.5) is 0 Å². The van der Waals surface area contributed by atoms with Gasteiger partial charge in [0, 0.05) is 6.20 Å². The van der Waals surface area contributed by atoms with Gasteiger partial charge in [0.25, 0.3) is 0 Å². The normalized spacial score (nSPS) is 10.2. The number of pyridine rings is 1. The quantitative estimate of drug-likeness (QED) is 0.755. The maximum atomic E-state index is 11.5. The van der Waals surface area contributed by atoms with Crippen LogP contribution in [0, 0.1) is 18.3 Å². The van der Waals surface area contributed by atoms with Crippen LogP contribution in [0.15, 0.2) is 16.9 Å². The second kappa shape index (κ2) is 4.18. The number of esters is 1. The van der Waals surface area contributed by atoms with Gasteiger partial charge in [-0.15, -0.1) is 0 Å². The molecule has 0 atom stereocenters. The highest BCUT2D eigenvalue weighted by Crippen LogP contribution is 2.22. The molecule has 0 radical (unpaired) electrons. The molecule has 2 aromatic rings. The van der Waals surface area contributed by atoms with E-state index in [9.17, 15) is 4.79 Å². The lowest BCUT2D eigenvalue weighted by atomic mass is 10.2. The van der Waals surface area contributed by atoms with E-state index in [-0.39, 0.29) is 5.69 Å². The topological polar surface area (TPSA) is 67.4 Å². The molecule has 0 aliphatic carbocycles. The highest BCUT2D eigenvalue weighted by molar-refractivity contribution is 9.10. The van der Waals surface area contributed by atoms with Gasteiger partial charge in [-0.05, 0) is 34.5 Å². The standard InChI is InChI=1S/C11H8BrN3O2/c1-6-3-7(4-13)5-15-9(12)8(11(16)17-2)14-10(6)15/h3,5H,1-2H3. The zero-order chi connectivity index (χ0) is 12.6. The molecule has 17 heavy (non-hydrogen) atoms. The van der Waals surface area contributed by atoms with E-state index in [0.717, 1.165) is 5.56 Å². The van der Waals surface area contributed by atoms with Crippen LogP contribution in [-0.4, -0.2) is 22.5 Å². The molecule has 5 nitrogen and oxygen atoms in total. The molecule has 0 bridgehead atoms. The Morgan fingerprint density at radius 1 is 1.65 bits per heavy atom. The maximum absolute atomic E-state index is 11.5. The number of carbonyl (C=O) groups is 1. The molecule has 0 fully saturated rings. The third-order valence-electron chi connectivity index (χ3n) is 2.35. The molecular formula is C11H8BrN3O2. The van der Waals surface area contributed by atoms with E-state index in [1.54, 1.807) is 16.7 Å². The molecule has 0 N–H and O–H groups in total. The molecule has 0 unspecified atom stereocenters. The summed E-state index contributed by atoms with van der Waals surface area (Å²) in [4.78, 5) is 15.7. The number of hydrogen-bond acceptors (Lipinski definition) is 4. The smallest absolute Gasteiger partial charge is 0.359 e. The van der Waals surface area contributed by atoms with Gasteiger partial charge in [0.05, 0.1) is 12.7 Å². The number of rotatable bonds is 1. The molecule has 2 heterocycles. The largest absolute Gasteiger partial charge is 0.464 e. The molecule has 0 aliphatic heterocycles. The first-order valence-corrected chi connectivity index (χ1v) is 5.54. The Hall–Kier alpha value is -1.87. The van der Waals surface area contributed by atoms with Crippen molar-refractivity contribution in [3.63, 3.8) is 0 Å². The molecule has 0 saturated heterocycles. The van der Waals surface area contributed by atoms with Gasteiger partial charge >= 0.3 is 5.97 Å². The lowest BCUT2D eigenvalue weighted by Gasteiger charge is -1.99. The average molecular weight is 294 g/mol. The molecule has 6 heteroatoms. The van der Waals surface area contributed by atoms with E-state index in [4.69, 9.17) is 5.26 Å². The van der Waals surface area contributed by atoms with Crippen molar-refractivity contribution in [2.24, 2.45) is 0 Å². The van der Waals surface area contributed by atoms with E-state index in [2.05, 4.69) is 31.7 Å². The molecular weight excluding hydrogens is 286 g/mol. The number of carbonyl (C=O) groups excluding carboxylic acids is 1. The summed E-state index contributed by atoms with van der Waals surface area (Å²) >= 11 is 3.28. The van der Waals surface area contributed by atoms with Crippen molar-refractivity contribution in [1.29, 1.82) is 5.26 Å². The molecule has 2 aromatic heterocycles. The highest BCUT2D eigenvalue weighted by atomic mass is 79.9. The Balaban J connectivity index is 2.79. The Kier molecular flexibility index (Phi) is 2.86. The van der Waals surface area contributed by atoms with Gasteiger partial charge in [-0.1, -0.05) is 0 Å². The number of imidazole rings is 1. The number of halogens is 1. The molecule has 0 amide bonds. The van der Waals surface area contributed by atoms with Crippen LogP contribution in [0.2, 0.25) is 0 Å². The van der Waals surface area contributed by atoms with E-state index < -0.39 is 5.97 Å². The van der Waals surface area contributed by atoms with Gasteiger partial charge in [0.1, 0.15) is 16.3 Å². The van der Waals surface area contributed by atoms with Gasteiger partial charge in [0.2, 0.25) is 0 Å². The van der Waals surface area contributed by atoms with Crippen molar-refractivity contribution in [1.82, 2.24) is 9.38 Å². The number of ether oxygens (including phenoxy) is 1. The number of aryl methyl sites for hydroxylation is 1. The van der Waals surface area contributed by atoms with E-state index in [1.165, 1.54) is 7.11 Å². The summed E-state index contributed by atoms with van der Waals surface area (Å²) in [6.45, 7) is 1.83. The lowest BCUT2D eigenvalue weighted by molar-refractivity contribution is 0.0593. The zero-order valence-corrected chi connectivity index (χ0v) is 10.8. The van der Waals surface area contributed by atoms with Crippen molar-refractivity contribution in [3.05, 3.63) is 33.7 Å². The molecule has 0 aromatic carbocycles. The summed E-state index contributed by atoms with van der Waals surface area (Å²) in [7, 11) is 1.30. The predicted molar refractivity (Wildman–Crippen MR) is 63.7 cm³/mol. The van der Waals surface area contributed by atoms with E-state index in [1.807, 2.05) is 6.92 Å². The van der Waals surface area contributed by atoms with Crippen molar-refractivity contribution >= 4 is 27.5 Å². The summed E-state index contributed by atoms with van der Waals surface area (Å²) < 4.78 is 6.77. The molecule has 0 spiro atoms. The summed E-state index contributed by atoms with van der Waals surface area (Å²) in [6, 6.07) is 3.77. The fourth-order valence-electron chi connectivity index (χ4n) is 1.57. The number of nitrogens with zero attached hydrogens (tertiary/aromatic N) is 3. The molecule has 2 rings (SSSR count). The second-order valence-electron chi connectivity index (χ2n) is 3.46. The average Bonchev–Trinajstić information content (AvgIpc) is 2.67. The minimum Gasteiger partial charge on any atom is -0.464 e. The van der Waals surface area contributed by atoms with Crippen LogP contribution in [-0.2, 0) is 4.74 Å². The van der Waals surface area contributed by atoms with Crippen molar-refractivity contribution in [2.45, 2.75) is 6.92 Å². The first-order chi connectivity index (χ1) is 8.08. The highest BCUT2D eigenvalue weighted by Gasteiger charge is 2.18. The van der Waals surface area contributed by atoms with Crippen LogP contribution in [0.3, 0.4) is 0 Å². The first-order valence-electron chi connectivity index (χ1n) is 4.75. The van der Waals surface area contributed by atoms with Gasteiger partial charge in [0.15, 0.2) is 5.69 Å².